The minimum Gasteiger partial charge on any atom is -0.369 e. The minimum atomic E-state index is -0.687. The van der Waals surface area contributed by atoms with Crippen LogP contribution in [0.1, 0.15) is 12.8 Å². The number of nitrogens with two attached hydrogens (primary N) is 1. The number of carbonyl (C=O) groups is 2. The summed E-state index contributed by atoms with van der Waals surface area (Å²) in [6, 6.07) is 2.88. The molecule has 1 aliphatic heterocycles. The monoisotopic (exact) mass is 298 g/mol. The van der Waals surface area contributed by atoms with E-state index in [1.165, 1.54) is 0 Å². The van der Waals surface area contributed by atoms with E-state index >= 15 is 0 Å². The van der Waals surface area contributed by atoms with E-state index in [1.807, 2.05) is 0 Å². The van der Waals surface area contributed by atoms with Gasteiger partial charge in [0.15, 0.2) is 6.54 Å². The molecule has 0 radical (unpaired) electrons. The highest BCUT2D eigenvalue weighted by Crippen LogP contribution is 2.14. The third-order valence-corrected chi connectivity index (χ3v) is 3.63. The maximum Gasteiger partial charge on any atom is 0.279 e. The number of anilines is 1. The summed E-state index contributed by atoms with van der Waals surface area (Å²) < 4.78 is 26.4. The van der Waals surface area contributed by atoms with Crippen LogP contribution in [0.2, 0.25) is 0 Å². The molecule has 1 aromatic rings. The highest BCUT2D eigenvalue weighted by molar-refractivity contribution is 5.91. The lowest BCUT2D eigenvalue weighted by Gasteiger charge is -2.27. The van der Waals surface area contributed by atoms with Crippen LogP contribution in [0.25, 0.3) is 0 Å². The standard InChI is InChI=1S/C14H17F2N3O2/c15-10-3-4-11(16)12(6-10)18-13(20)8-19-5-1-2-9(7-19)14(17)21/h3-4,6,9H,1-2,5,7-8H2,(H2,17,21)(H,18,20)/p+1/t9-/m0/s1. The van der Waals surface area contributed by atoms with Gasteiger partial charge < -0.3 is 16.0 Å². The number of primary amides is 1. The molecule has 5 nitrogen and oxygen atoms in total. The first kappa shape index (κ1) is 15.4. The highest BCUT2D eigenvalue weighted by atomic mass is 19.1. The van der Waals surface area contributed by atoms with Crippen LogP contribution in [-0.4, -0.2) is 31.4 Å². The van der Waals surface area contributed by atoms with Crippen molar-refractivity contribution in [2.24, 2.45) is 11.7 Å². The first-order chi connectivity index (χ1) is 9.95. The molecule has 2 amide bonds. The lowest BCUT2D eigenvalue weighted by molar-refractivity contribution is -0.899. The number of halogens is 2. The van der Waals surface area contributed by atoms with Crippen molar-refractivity contribution in [3.63, 3.8) is 0 Å². The lowest BCUT2D eigenvalue weighted by atomic mass is 9.97. The minimum absolute atomic E-state index is 0.0970. The average molecular weight is 298 g/mol. The molecule has 0 aliphatic carbocycles. The van der Waals surface area contributed by atoms with Gasteiger partial charge in [0.2, 0.25) is 5.91 Å². The predicted octanol–water partition coefficient (Wildman–Crippen LogP) is -0.316. The number of rotatable bonds is 4. The van der Waals surface area contributed by atoms with Gasteiger partial charge in [0.05, 0.1) is 24.7 Å². The number of carbonyl (C=O) groups excluding carboxylic acids is 2. The van der Waals surface area contributed by atoms with Crippen LogP contribution >= 0.6 is 0 Å². The SMILES string of the molecule is NC(=O)[C@H]1CCC[NH+](CC(=O)Nc2cc(F)ccc2F)C1. The van der Waals surface area contributed by atoms with E-state index in [0.717, 1.165) is 42.5 Å². The van der Waals surface area contributed by atoms with Crippen LogP contribution < -0.4 is 16.0 Å². The second-order valence-electron chi connectivity index (χ2n) is 5.29. The Hall–Kier alpha value is -2.02. The van der Waals surface area contributed by atoms with Crippen LogP contribution in [0, 0.1) is 17.6 Å². The Morgan fingerprint density at radius 2 is 2.14 bits per heavy atom. The summed E-state index contributed by atoms with van der Waals surface area (Å²) in [7, 11) is 0. The second-order valence-corrected chi connectivity index (χ2v) is 5.29. The Morgan fingerprint density at radius 3 is 2.86 bits per heavy atom. The lowest BCUT2D eigenvalue weighted by Crippen LogP contribution is -3.14. The maximum absolute atomic E-state index is 13.4. The molecule has 7 heteroatoms. The molecular weight excluding hydrogens is 280 g/mol. The van der Waals surface area contributed by atoms with Crippen molar-refractivity contribution in [2.45, 2.75) is 12.8 Å². The normalized spacial score (nSPS) is 21.8. The maximum atomic E-state index is 13.4. The van der Waals surface area contributed by atoms with Gasteiger partial charge in [-0.25, -0.2) is 8.78 Å². The van der Waals surface area contributed by atoms with E-state index in [2.05, 4.69) is 5.32 Å². The van der Waals surface area contributed by atoms with E-state index in [9.17, 15) is 18.4 Å². The number of hydrogen-bond donors (Lipinski definition) is 3. The smallest absolute Gasteiger partial charge is 0.279 e. The molecule has 1 fully saturated rings. The van der Waals surface area contributed by atoms with E-state index in [1.54, 1.807) is 0 Å². The van der Waals surface area contributed by atoms with Crippen molar-refractivity contribution in [1.29, 1.82) is 0 Å². The second kappa shape index (κ2) is 6.62. The molecule has 1 aliphatic rings. The number of amides is 2. The van der Waals surface area contributed by atoms with E-state index in [4.69, 9.17) is 5.73 Å². The molecule has 114 valence electrons. The van der Waals surface area contributed by atoms with Gasteiger partial charge in [-0.3, -0.25) is 9.59 Å². The molecule has 2 rings (SSSR count). The molecule has 0 saturated carbocycles. The Balaban J connectivity index is 1.92. The number of benzene rings is 1. The van der Waals surface area contributed by atoms with Crippen molar-refractivity contribution in [3.8, 4) is 0 Å². The fourth-order valence-electron chi connectivity index (χ4n) is 2.57. The molecule has 0 spiro atoms. The fourth-order valence-corrected chi connectivity index (χ4v) is 2.57. The van der Waals surface area contributed by atoms with E-state index in [0.29, 0.717) is 6.54 Å². The first-order valence-electron chi connectivity index (χ1n) is 6.83. The Labute approximate surface area is 121 Å². The summed E-state index contributed by atoms with van der Waals surface area (Å²) in [5.74, 6) is -2.31. The van der Waals surface area contributed by atoms with Crippen molar-refractivity contribution < 1.29 is 23.3 Å². The van der Waals surface area contributed by atoms with Gasteiger partial charge >= 0.3 is 0 Å². The van der Waals surface area contributed by atoms with Gasteiger partial charge in [0, 0.05) is 6.07 Å². The van der Waals surface area contributed by atoms with Crippen LogP contribution in [0.4, 0.5) is 14.5 Å². The molecular formula is C14H18F2N3O2+. The molecule has 21 heavy (non-hydrogen) atoms. The van der Waals surface area contributed by atoms with Crippen LogP contribution in [0.3, 0.4) is 0 Å². The summed E-state index contributed by atoms with van der Waals surface area (Å²) in [4.78, 5) is 24.0. The van der Waals surface area contributed by atoms with Crippen molar-refractivity contribution >= 4 is 17.5 Å². The number of quaternary nitrogens is 1. The van der Waals surface area contributed by atoms with Crippen LogP contribution in [-0.2, 0) is 9.59 Å². The fraction of sp³-hybridized carbons (Fsp3) is 0.429. The Morgan fingerprint density at radius 1 is 1.38 bits per heavy atom. The van der Waals surface area contributed by atoms with Gasteiger partial charge in [-0.2, -0.15) is 0 Å². The molecule has 1 aromatic carbocycles. The van der Waals surface area contributed by atoms with Gasteiger partial charge in [-0.15, -0.1) is 0 Å². The third-order valence-electron chi connectivity index (χ3n) is 3.63. The molecule has 1 unspecified atom stereocenters. The summed E-state index contributed by atoms with van der Waals surface area (Å²) in [6.45, 7) is 1.34. The summed E-state index contributed by atoms with van der Waals surface area (Å²) in [5, 5.41) is 2.35. The Kier molecular flexibility index (Phi) is 4.85. The Bertz CT molecular complexity index is 551. The third kappa shape index (κ3) is 4.22. The molecule has 0 aromatic heterocycles. The quantitative estimate of drug-likeness (QED) is 0.713. The van der Waals surface area contributed by atoms with Gasteiger partial charge in [-0.1, -0.05) is 0 Å². The summed E-state index contributed by atoms with van der Waals surface area (Å²) in [5.41, 5.74) is 5.10. The van der Waals surface area contributed by atoms with Crippen LogP contribution in [0.5, 0.6) is 0 Å². The molecule has 2 atom stereocenters. The highest BCUT2D eigenvalue weighted by Gasteiger charge is 2.28. The van der Waals surface area contributed by atoms with Crippen molar-refractivity contribution in [1.82, 2.24) is 0 Å². The average Bonchev–Trinajstić information content (AvgIpc) is 2.43. The molecule has 1 saturated heterocycles. The van der Waals surface area contributed by atoms with E-state index in [-0.39, 0.29) is 24.1 Å². The van der Waals surface area contributed by atoms with Crippen molar-refractivity contribution in [2.75, 3.05) is 25.0 Å². The first-order valence-corrected chi connectivity index (χ1v) is 6.83. The number of nitrogens with one attached hydrogen (secondary N) is 2. The topological polar surface area (TPSA) is 76.6 Å². The van der Waals surface area contributed by atoms with E-state index < -0.39 is 17.5 Å². The van der Waals surface area contributed by atoms with Crippen molar-refractivity contribution in [3.05, 3.63) is 29.8 Å². The summed E-state index contributed by atoms with van der Waals surface area (Å²) >= 11 is 0. The number of hydrogen-bond acceptors (Lipinski definition) is 2. The number of likely N-dealkylation sites (tertiary alicyclic amines) is 1. The largest absolute Gasteiger partial charge is 0.369 e. The molecule has 0 bridgehead atoms. The van der Waals surface area contributed by atoms with Gasteiger partial charge in [-0.05, 0) is 25.0 Å². The summed E-state index contributed by atoms with van der Waals surface area (Å²) in [6.07, 6.45) is 1.55. The zero-order chi connectivity index (χ0) is 15.4. The molecule has 1 heterocycles. The molecule has 4 N–H and O–H groups in total. The zero-order valence-electron chi connectivity index (χ0n) is 11.5. The van der Waals surface area contributed by atoms with Crippen LogP contribution in [0.15, 0.2) is 18.2 Å². The van der Waals surface area contributed by atoms with Gasteiger partial charge in [0.1, 0.15) is 11.6 Å². The van der Waals surface area contributed by atoms with Gasteiger partial charge in [0.25, 0.3) is 5.91 Å². The number of piperidine rings is 1. The predicted molar refractivity (Wildman–Crippen MR) is 72.5 cm³/mol. The zero-order valence-corrected chi connectivity index (χ0v) is 11.5.